The predicted octanol–water partition coefficient (Wildman–Crippen LogP) is -0.789. The van der Waals surface area contributed by atoms with Crippen LogP contribution in [-0.4, -0.2) is 66.2 Å². The van der Waals surface area contributed by atoms with Gasteiger partial charge in [-0.25, -0.2) is 9.59 Å². The maximum Gasteiger partial charge on any atom is 0.410 e. The topological polar surface area (TPSA) is 76.1 Å². The third kappa shape index (κ3) is 1.17. The van der Waals surface area contributed by atoms with Gasteiger partial charge in [-0.1, -0.05) is 0 Å². The number of cyclic esters (lactones) is 2. The summed E-state index contributed by atoms with van der Waals surface area (Å²) in [6.07, 6.45) is -0.973. The summed E-state index contributed by atoms with van der Waals surface area (Å²) in [6.45, 7) is 0.460. The minimum Gasteiger partial charge on any atom is -0.447 e. The van der Waals surface area contributed by atoms with Crippen LogP contribution in [0.4, 0.5) is 9.59 Å². The minimum atomic E-state index is -0.487. The average molecular weight is 226 g/mol. The first-order valence-corrected chi connectivity index (χ1v) is 5.05. The van der Waals surface area contributed by atoms with Crippen LogP contribution in [0.1, 0.15) is 0 Å². The molecular formula is C9H10N2O5. The van der Waals surface area contributed by atoms with Crippen molar-refractivity contribution in [3.8, 4) is 0 Å². The molecule has 3 fully saturated rings. The molecule has 0 bridgehead atoms. The molecule has 0 saturated carbocycles. The second kappa shape index (κ2) is 3.10. The number of nitrogens with zero attached hydrogens (tertiary/aromatic N) is 2. The molecule has 3 rings (SSSR count). The number of ketones is 1. The predicted molar refractivity (Wildman–Crippen MR) is 48.7 cm³/mol. The Kier molecular flexibility index (Phi) is 1.83. The van der Waals surface area contributed by atoms with Crippen LogP contribution in [0.25, 0.3) is 0 Å². The molecule has 3 aliphatic heterocycles. The fourth-order valence-electron chi connectivity index (χ4n) is 2.36. The van der Waals surface area contributed by atoms with Gasteiger partial charge in [0.1, 0.15) is 13.2 Å². The van der Waals surface area contributed by atoms with E-state index in [-0.39, 0.29) is 44.2 Å². The maximum atomic E-state index is 11.6. The van der Waals surface area contributed by atoms with E-state index < -0.39 is 12.2 Å². The van der Waals surface area contributed by atoms with Crippen LogP contribution >= 0.6 is 0 Å². The Morgan fingerprint density at radius 3 is 1.75 bits per heavy atom. The first kappa shape index (κ1) is 9.44. The number of fused-ring (bicyclic) bond motifs is 3. The molecule has 2 atom stereocenters. The normalized spacial score (nSPS) is 33.1. The van der Waals surface area contributed by atoms with E-state index in [9.17, 15) is 14.4 Å². The Balaban J connectivity index is 1.94. The molecule has 3 aliphatic rings. The van der Waals surface area contributed by atoms with E-state index in [2.05, 4.69) is 0 Å². The molecule has 7 nitrogen and oxygen atoms in total. The molecule has 3 heterocycles. The summed E-state index contributed by atoms with van der Waals surface area (Å²) < 4.78 is 9.78. The summed E-state index contributed by atoms with van der Waals surface area (Å²) in [5.41, 5.74) is 0. The monoisotopic (exact) mass is 226 g/mol. The molecule has 0 radical (unpaired) electrons. The maximum absolute atomic E-state index is 11.6. The van der Waals surface area contributed by atoms with Crippen molar-refractivity contribution in [2.45, 2.75) is 12.1 Å². The van der Waals surface area contributed by atoms with Gasteiger partial charge in [0.2, 0.25) is 0 Å². The molecule has 7 heteroatoms. The van der Waals surface area contributed by atoms with Gasteiger partial charge in [-0.2, -0.15) is 0 Å². The van der Waals surface area contributed by atoms with Crippen LogP contribution in [0.15, 0.2) is 0 Å². The largest absolute Gasteiger partial charge is 0.447 e. The number of Topliss-reactive ketones (excluding diaryl/α,β-unsaturated/α-hetero) is 1. The van der Waals surface area contributed by atoms with E-state index >= 15 is 0 Å². The van der Waals surface area contributed by atoms with Crippen molar-refractivity contribution in [2.24, 2.45) is 0 Å². The summed E-state index contributed by atoms with van der Waals surface area (Å²) in [5, 5.41) is 0. The number of rotatable bonds is 0. The van der Waals surface area contributed by atoms with Crippen molar-refractivity contribution in [1.29, 1.82) is 0 Å². The van der Waals surface area contributed by atoms with Crippen molar-refractivity contribution in [2.75, 3.05) is 26.3 Å². The van der Waals surface area contributed by atoms with Crippen LogP contribution in [0.2, 0.25) is 0 Å². The Morgan fingerprint density at radius 1 is 0.875 bits per heavy atom. The standard InChI is InChI=1S/C9H10N2O5/c12-5-1-10-6(3-15-8(10)13)7-4-16-9(14)11(7)2-5/h6-7H,1-4H2/t6-,7-/m1/s1. The SMILES string of the molecule is O=C1CN2C(=O)OC[C@@H]2[C@H]2COC(=O)N2C1. The molecule has 0 unspecified atom stereocenters. The van der Waals surface area contributed by atoms with E-state index in [0.717, 1.165) is 0 Å². The van der Waals surface area contributed by atoms with E-state index in [0.29, 0.717) is 0 Å². The average Bonchev–Trinajstić information content (AvgIpc) is 2.72. The number of hydrogen-bond acceptors (Lipinski definition) is 5. The molecule has 0 aliphatic carbocycles. The molecule has 2 amide bonds. The smallest absolute Gasteiger partial charge is 0.410 e. The number of hydrogen-bond donors (Lipinski definition) is 0. The Bertz CT molecular complexity index is 348. The minimum absolute atomic E-state index is 0.0176. The second-order valence-corrected chi connectivity index (χ2v) is 4.08. The highest BCUT2D eigenvalue weighted by Gasteiger charge is 2.49. The first-order chi connectivity index (χ1) is 7.66. The van der Waals surface area contributed by atoms with Gasteiger partial charge in [0.25, 0.3) is 0 Å². The lowest BCUT2D eigenvalue weighted by molar-refractivity contribution is -0.119. The molecule has 0 spiro atoms. The Labute approximate surface area is 90.9 Å². The number of amides is 2. The van der Waals surface area contributed by atoms with E-state index in [1.54, 1.807) is 0 Å². The fourth-order valence-corrected chi connectivity index (χ4v) is 2.36. The highest BCUT2D eigenvalue weighted by Crippen LogP contribution is 2.26. The lowest BCUT2D eigenvalue weighted by atomic mass is 10.1. The Hall–Kier alpha value is -1.79. The van der Waals surface area contributed by atoms with E-state index in [1.165, 1.54) is 9.80 Å². The molecule has 16 heavy (non-hydrogen) atoms. The second-order valence-electron chi connectivity index (χ2n) is 4.08. The van der Waals surface area contributed by atoms with Crippen molar-refractivity contribution >= 4 is 18.0 Å². The van der Waals surface area contributed by atoms with Crippen LogP contribution in [0.3, 0.4) is 0 Å². The first-order valence-electron chi connectivity index (χ1n) is 5.05. The van der Waals surface area contributed by atoms with Gasteiger partial charge < -0.3 is 9.47 Å². The molecule has 0 aromatic carbocycles. The van der Waals surface area contributed by atoms with Crippen LogP contribution < -0.4 is 0 Å². The molecule has 0 aromatic rings. The zero-order valence-electron chi connectivity index (χ0n) is 8.42. The lowest BCUT2D eigenvalue weighted by Crippen LogP contribution is -2.47. The molecular weight excluding hydrogens is 216 g/mol. The van der Waals surface area contributed by atoms with Crippen LogP contribution in [0, 0.1) is 0 Å². The summed E-state index contributed by atoms with van der Waals surface area (Å²) >= 11 is 0. The summed E-state index contributed by atoms with van der Waals surface area (Å²) in [7, 11) is 0. The van der Waals surface area contributed by atoms with Crippen LogP contribution in [0.5, 0.6) is 0 Å². The number of ether oxygens (including phenoxy) is 2. The molecule has 3 saturated heterocycles. The van der Waals surface area contributed by atoms with Crippen molar-refractivity contribution in [3.63, 3.8) is 0 Å². The van der Waals surface area contributed by atoms with Crippen LogP contribution in [-0.2, 0) is 14.3 Å². The van der Waals surface area contributed by atoms with Gasteiger partial charge in [-0.3, -0.25) is 14.6 Å². The zero-order chi connectivity index (χ0) is 11.3. The third-order valence-corrected chi connectivity index (χ3v) is 3.16. The molecule has 0 N–H and O–H groups in total. The summed E-state index contributed by atoms with van der Waals surface area (Å²) in [5.74, 6) is -0.176. The van der Waals surface area contributed by atoms with E-state index in [4.69, 9.17) is 9.47 Å². The van der Waals surface area contributed by atoms with Gasteiger partial charge >= 0.3 is 12.2 Å². The van der Waals surface area contributed by atoms with Gasteiger partial charge in [0.15, 0.2) is 5.78 Å². The summed E-state index contributed by atoms with van der Waals surface area (Å²) in [4.78, 5) is 37.1. The van der Waals surface area contributed by atoms with Gasteiger partial charge in [0, 0.05) is 0 Å². The van der Waals surface area contributed by atoms with Gasteiger partial charge in [-0.15, -0.1) is 0 Å². The quantitative estimate of drug-likeness (QED) is 0.541. The lowest BCUT2D eigenvalue weighted by Gasteiger charge is -2.24. The van der Waals surface area contributed by atoms with Crippen molar-refractivity contribution < 1.29 is 23.9 Å². The third-order valence-electron chi connectivity index (χ3n) is 3.16. The summed E-state index contributed by atoms with van der Waals surface area (Å²) in [6, 6.07) is -0.518. The molecule has 0 aromatic heterocycles. The number of carbonyl (C=O) groups excluding carboxylic acids is 3. The fraction of sp³-hybridized carbons (Fsp3) is 0.667. The molecule has 86 valence electrons. The Morgan fingerprint density at radius 2 is 1.31 bits per heavy atom. The highest BCUT2D eigenvalue weighted by atomic mass is 16.6. The van der Waals surface area contributed by atoms with E-state index in [1.807, 2.05) is 0 Å². The zero-order valence-corrected chi connectivity index (χ0v) is 8.42. The van der Waals surface area contributed by atoms with Gasteiger partial charge in [0.05, 0.1) is 25.2 Å². The highest BCUT2D eigenvalue weighted by molar-refractivity contribution is 5.90. The van der Waals surface area contributed by atoms with Gasteiger partial charge in [-0.05, 0) is 0 Å². The number of carbonyl (C=O) groups is 3. The van der Waals surface area contributed by atoms with Crippen molar-refractivity contribution in [1.82, 2.24) is 9.80 Å². The van der Waals surface area contributed by atoms with Crippen molar-refractivity contribution in [3.05, 3.63) is 0 Å².